The lowest BCUT2D eigenvalue weighted by atomic mass is 9.96. The Labute approximate surface area is 112 Å². The lowest BCUT2D eigenvalue weighted by Gasteiger charge is -2.28. The van der Waals surface area contributed by atoms with E-state index in [-0.39, 0.29) is 6.04 Å². The first kappa shape index (κ1) is 15.9. The van der Waals surface area contributed by atoms with E-state index in [1.165, 1.54) is 0 Å². The van der Waals surface area contributed by atoms with Crippen molar-refractivity contribution in [3.05, 3.63) is 0 Å². The van der Waals surface area contributed by atoms with Gasteiger partial charge in [0.05, 0.1) is 5.75 Å². The highest BCUT2D eigenvalue weighted by Gasteiger charge is 2.26. The first-order valence-corrected chi connectivity index (χ1v) is 8.82. The molecule has 0 aromatic heterocycles. The molecule has 0 radical (unpaired) electrons. The molecule has 18 heavy (non-hydrogen) atoms. The molecule has 4 nitrogen and oxygen atoms in total. The third-order valence-electron chi connectivity index (χ3n) is 3.99. The Morgan fingerprint density at radius 2 is 1.89 bits per heavy atom. The number of rotatable bonds is 7. The van der Waals surface area contributed by atoms with Crippen LogP contribution in [0, 0.1) is 5.92 Å². The normalized spacial score (nSPS) is 20.2. The van der Waals surface area contributed by atoms with E-state index in [1.807, 2.05) is 20.8 Å². The standard InChI is InChI=1S/C13H28N2O2S/c1-4-12(3)15(5-2)18(16,17)11-8-13-6-9-14-10-7-13/h12-14H,4-11H2,1-3H3. The molecule has 0 amide bonds. The highest BCUT2D eigenvalue weighted by atomic mass is 32.2. The largest absolute Gasteiger partial charge is 0.317 e. The molecule has 1 unspecified atom stereocenters. The van der Waals surface area contributed by atoms with Crippen LogP contribution in [-0.2, 0) is 10.0 Å². The van der Waals surface area contributed by atoms with Gasteiger partial charge in [-0.2, -0.15) is 4.31 Å². The van der Waals surface area contributed by atoms with Gasteiger partial charge in [0, 0.05) is 12.6 Å². The van der Waals surface area contributed by atoms with Crippen LogP contribution >= 0.6 is 0 Å². The van der Waals surface area contributed by atoms with Gasteiger partial charge >= 0.3 is 0 Å². The smallest absolute Gasteiger partial charge is 0.214 e. The van der Waals surface area contributed by atoms with Gasteiger partial charge in [-0.1, -0.05) is 13.8 Å². The quantitative estimate of drug-likeness (QED) is 0.772. The summed E-state index contributed by atoms with van der Waals surface area (Å²) in [5.41, 5.74) is 0. The Hall–Kier alpha value is -0.130. The van der Waals surface area contributed by atoms with Gasteiger partial charge in [0.15, 0.2) is 0 Å². The first-order valence-electron chi connectivity index (χ1n) is 7.21. The Morgan fingerprint density at radius 3 is 2.39 bits per heavy atom. The van der Waals surface area contributed by atoms with E-state index in [2.05, 4.69) is 5.32 Å². The summed E-state index contributed by atoms with van der Waals surface area (Å²) in [6.07, 6.45) is 3.92. The van der Waals surface area contributed by atoms with Gasteiger partial charge in [-0.25, -0.2) is 8.42 Å². The van der Waals surface area contributed by atoms with Gasteiger partial charge < -0.3 is 5.32 Å². The fourth-order valence-electron chi connectivity index (χ4n) is 2.59. The predicted molar refractivity (Wildman–Crippen MR) is 76.1 cm³/mol. The molecule has 0 aliphatic carbocycles. The number of hydrogen-bond donors (Lipinski definition) is 1. The van der Waals surface area contributed by atoms with Crippen molar-refractivity contribution in [2.24, 2.45) is 5.92 Å². The van der Waals surface area contributed by atoms with Crippen molar-refractivity contribution in [1.29, 1.82) is 0 Å². The molecule has 1 aliphatic rings. The summed E-state index contributed by atoms with van der Waals surface area (Å²) in [6, 6.07) is 0.119. The Balaban J connectivity index is 2.51. The van der Waals surface area contributed by atoms with Gasteiger partial charge in [-0.05, 0) is 51.6 Å². The van der Waals surface area contributed by atoms with E-state index in [0.717, 1.165) is 38.8 Å². The maximum Gasteiger partial charge on any atom is 0.214 e. The number of hydrogen-bond acceptors (Lipinski definition) is 3. The molecule has 108 valence electrons. The van der Waals surface area contributed by atoms with Crippen LogP contribution in [0.15, 0.2) is 0 Å². The summed E-state index contributed by atoms with van der Waals surface area (Å²) in [6.45, 7) is 8.61. The Bertz CT molecular complexity index is 324. The molecule has 0 bridgehead atoms. The van der Waals surface area contributed by atoms with Gasteiger partial charge in [0.2, 0.25) is 10.0 Å². The molecule has 1 N–H and O–H groups in total. The van der Waals surface area contributed by atoms with Crippen LogP contribution in [-0.4, -0.2) is 44.2 Å². The van der Waals surface area contributed by atoms with Gasteiger partial charge in [-0.15, -0.1) is 0 Å². The topological polar surface area (TPSA) is 49.4 Å². The number of sulfonamides is 1. The van der Waals surface area contributed by atoms with E-state index < -0.39 is 10.0 Å². The third kappa shape index (κ3) is 4.52. The maximum absolute atomic E-state index is 12.3. The van der Waals surface area contributed by atoms with E-state index >= 15 is 0 Å². The van der Waals surface area contributed by atoms with Crippen molar-refractivity contribution in [2.45, 2.75) is 52.5 Å². The molecule has 0 spiro atoms. The molecule has 0 saturated carbocycles. The van der Waals surface area contributed by atoms with Crippen molar-refractivity contribution in [1.82, 2.24) is 9.62 Å². The predicted octanol–water partition coefficient (Wildman–Crippen LogP) is 1.83. The highest BCUT2D eigenvalue weighted by Crippen LogP contribution is 2.19. The number of nitrogens with one attached hydrogen (secondary N) is 1. The third-order valence-corrected chi connectivity index (χ3v) is 6.08. The zero-order valence-electron chi connectivity index (χ0n) is 12.0. The van der Waals surface area contributed by atoms with Crippen molar-refractivity contribution >= 4 is 10.0 Å². The van der Waals surface area contributed by atoms with E-state index in [9.17, 15) is 8.42 Å². The van der Waals surface area contributed by atoms with Crippen molar-refractivity contribution in [2.75, 3.05) is 25.4 Å². The maximum atomic E-state index is 12.3. The van der Waals surface area contributed by atoms with Gasteiger partial charge in [0.1, 0.15) is 0 Å². The molecule has 1 aliphatic heterocycles. The van der Waals surface area contributed by atoms with Crippen LogP contribution in [0.5, 0.6) is 0 Å². The minimum atomic E-state index is -3.07. The van der Waals surface area contributed by atoms with Crippen molar-refractivity contribution in [3.8, 4) is 0 Å². The fraction of sp³-hybridized carbons (Fsp3) is 1.00. The molecule has 0 aromatic carbocycles. The summed E-state index contributed by atoms with van der Waals surface area (Å²) in [7, 11) is -3.07. The molecular weight excluding hydrogens is 248 g/mol. The summed E-state index contributed by atoms with van der Waals surface area (Å²) < 4.78 is 26.3. The Morgan fingerprint density at radius 1 is 1.28 bits per heavy atom. The molecule has 0 aromatic rings. The van der Waals surface area contributed by atoms with Crippen molar-refractivity contribution < 1.29 is 8.42 Å². The molecule has 1 rings (SSSR count). The second-order valence-corrected chi connectivity index (χ2v) is 7.30. The molecule has 1 atom stereocenters. The second kappa shape index (κ2) is 7.46. The average Bonchev–Trinajstić information content (AvgIpc) is 2.38. The summed E-state index contributed by atoms with van der Waals surface area (Å²) >= 11 is 0. The van der Waals surface area contributed by atoms with Gasteiger partial charge in [0.25, 0.3) is 0 Å². The summed E-state index contributed by atoms with van der Waals surface area (Å²) in [5, 5.41) is 3.31. The van der Waals surface area contributed by atoms with Crippen LogP contribution < -0.4 is 5.32 Å². The Kier molecular flexibility index (Phi) is 6.60. The SMILES string of the molecule is CCC(C)N(CC)S(=O)(=O)CCC1CCNCC1. The minimum absolute atomic E-state index is 0.119. The lowest BCUT2D eigenvalue weighted by molar-refractivity contribution is 0.333. The van der Waals surface area contributed by atoms with Crippen LogP contribution in [0.1, 0.15) is 46.5 Å². The van der Waals surface area contributed by atoms with E-state index in [4.69, 9.17) is 0 Å². The number of nitrogens with zero attached hydrogens (tertiary/aromatic N) is 1. The van der Waals surface area contributed by atoms with E-state index in [1.54, 1.807) is 4.31 Å². The average molecular weight is 276 g/mol. The first-order chi connectivity index (χ1) is 8.51. The molecule has 1 heterocycles. The van der Waals surface area contributed by atoms with E-state index in [0.29, 0.717) is 18.2 Å². The van der Waals surface area contributed by atoms with Crippen LogP contribution in [0.3, 0.4) is 0 Å². The second-order valence-electron chi connectivity index (χ2n) is 5.26. The molecule has 5 heteroatoms. The zero-order valence-corrected chi connectivity index (χ0v) is 12.8. The lowest BCUT2D eigenvalue weighted by Crippen LogP contribution is -2.40. The summed E-state index contributed by atoms with van der Waals surface area (Å²) in [5.74, 6) is 0.896. The zero-order chi connectivity index (χ0) is 13.6. The monoisotopic (exact) mass is 276 g/mol. The van der Waals surface area contributed by atoms with Crippen LogP contribution in [0.4, 0.5) is 0 Å². The van der Waals surface area contributed by atoms with Crippen LogP contribution in [0.25, 0.3) is 0 Å². The molecule has 1 saturated heterocycles. The fourth-order valence-corrected chi connectivity index (χ4v) is 4.55. The molecule has 1 fully saturated rings. The number of piperidine rings is 1. The van der Waals surface area contributed by atoms with Crippen molar-refractivity contribution in [3.63, 3.8) is 0 Å². The summed E-state index contributed by atoms with van der Waals surface area (Å²) in [4.78, 5) is 0. The molecular formula is C13H28N2O2S. The van der Waals surface area contributed by atoms with Gasteiger partial charge in [-0.3, -0.25) is 0 Å². The minimum Gasteiger partial charge on any atom is -0.317 e. The highest BCUT2D eigenvalue weighted by molar-refractivity contribution is 7.89. The van der Waals surface area contributed by atoms with Crippen LogP contribution in [0.2, 0.25) is 0 Å².